The normalized spacial score (nSPS) is 16.5. The van der Waals surface area contributed by atoms with Gasteiger partial charge in [-0.05, 0) is 42.3 Å². The van der Waals surface area contributed by atoms with E-state index in [9.17, 15) is 14.0 Å². The molecular formula is C20H20ClFN2O3. The van der Waals surface area contributed by atoms with E-state index in [0.29, 0.717) is 25.2 Å². The van der Waals surface area contributed by atoms with Crippen LogP contribution in [0.15, 0.2) is 42.5 Å². The van der Waals surface area contributed by atoms with Crippen LogP contribution in [0.5, 0.6) is 5.75 Å². The van der Waals surface area contributed by atoms with Gasteiger partial charge in [0.1, 0.15) is 11.6 Å². The van der Waals surface area contributed by atoms with Crippen molar-refractivity contribution >= 4 is 29.1 Å². The molecule has 1 aliphatic rings. The molecule has 2 aromatic rings. The number of nitrogens with one attached hydrogen (secondary N) is 1. The first-order valence-electron chi connectivity index (χ1n) is 8.63. The molecule has 0 aliphatic carbocycles. The van der Waals surface area contributed by atoms with Crippen molar-refractivity contribution in [2.75, 3.05) is 25.5 Å². The topological polar surface area (TPSA) is 58.6 Å². The molecular weight excluding hydrogens is 371 g/mol. The highest BCUT2D eigenvalue weighted by molar-refractivity contribution is 6.31. The highest BCUT2D eigenvalue weighted by atomic mass is 35.5. The van der Waals surface area contributed by atoms with Crippen LogP contribution in [0, 0.1) is 11.7 Å². The third-order valence-corrected chi connectivity index (χ3v) is 4.89. The van der Waals surface area contributed by atoms with Crippen LogP contribution in [0.2, 0.25) is 5.02 Å². The molecule has 2 aromatic carbocycles. The van der Waals surface area contributed by atoms with Crippen molar-refractivity contribution in [3.63, 3.8) is 0 Å². The molecule has 0 aromatic heterocycles. The van der Waals surface area contributed by atoms with Gasteiger partial charge in [0.25, 0.3) is 0 Å². The second-order valence-corrected chi connectivity index (χ2v) is 6.86. The fourth-order valence-corrected chi connectivity index (χ4v) is 3.22. The molecule has 5 nitrogen and oxygen atoms in total. The molecule has 7 heteroatoms. The van der Waals surface area contributed by atoms with Crippen molar-refractivity contribution in [1.82, 2.24) is 4.90 Å². The van der Waals surface area contributed by atoms with Gasteiger partial charge < -0.3 is 15.0 Å². The summed E-state index contributed by atoms with van der Waals surface area (Å²) in [6, 6.07) is 11.7. The lowest BCUT2D eigenvalue weighted by atomic mass is 10.1. The first-order valence-corrected chi connectivity index (χ1v) is 9.00. The summed E-state index contributed by atoms with van der Waals surface area (Å²) in [6.07, 6.45) is 0.876. The maximum Gasteiger partial charge on any atom is 0.229 e. The predicted molar refractivity (Wildman–Crippen MR) is 101 cm³/mol. The number of carbonyl (C=O) groups is 2. The predicted octanol–water partition coefficient (Wildman–Crippen LogP) is 3.52. The summed E-state index contributed by atoms with van der Waals surface area (Å²) in [5.41, 5.74) is 1.51. The standard InChI is InChI=1S/C20H20ClFN2O3/c1-27-16-5-2-13(3-6-16)8-9-24-12-14(10-19(24)25)20(26)23-15-4-7-18(22)17(21)11-15/h2-7,11,14H,8-10,12H2,1H3,(H,23,26). The van der Waals surface area contributed by atoms with E-state index in [0.717, 1.165) is 11.3 Å². The first kappa shape index (κ1) is 19.2. The molecule has 0 spiro atoms. The van der Waals surface area contributed by atoms with Crippen molar-refractivity contribution in [2.24, 2.45) is 5.92 Å². The van der Waals surface area contributed by atoms with Crippen molar-refractivity contribution in [3.05, 3.63) is 58.9 Å². The molecule has 142 valence electrons. The van der Waals surface area contributed by atoms with Gasteiger partial charge in [-0.1, -0.05) is 23.7 Å². The van der Waals surface area contributed by atoms with Crippen LogP contribution in [0.25, 0.3) is 0 Å². The molecule has 27 heavy (non-hydrogen) atoms. The number of rotatable bonds is 6. The maximum atomic E-state index is 13.2. The van der Waals surface area contributed by atoms with Gasteiger partial charge in [-0.25, -0.2) is 4.39 Å². The van der Waals surface area contributed by atoms with Crippen LogP contribution in [-0.2, 0) is 16.0 Å². The van der Waals surface area contributed by atoms with E-state index in [4.69, 9.17) is 16.3 Å². The molecule has 0 bridgehead atoms. The Labute approximate surface area is 162 Å². The van der Waals surface area contributed by atoms with E-state index < -0.39 is 11.7 Å². The highest BCUT2D eigenvalue weighted by Crippen LogP contribution is 2.23. The summed E-state index contributed by atoms with van der Waals surface area (Å²) in [5.74, 6) is -0.500. The van der Waals surface area contributed by atoms with E-state index in [1.54, 1.807) is 12.0 Å². The zero-order valence-corrected chi connectivity index (χ0v) is 15.6. The molecule has 1 saturated heterocycles. The summed E-state index contributed by atoms with van der Waals surface area (Å²) in [6.45, 7) is 0.924. The van der Waals surface area contributed by atoms with Crippen molar-refractivity contribution < 1.29 is 18.7 Å². The number of carbonyl (C=O) groups excluding carboxylic acids is 2. The molecule has 1 fully saturated rings. The first-order chi connectivity index (χ1) is 13.0. The number of benzene rings is 2. The quantitative estimate of drug-likeness (QED) is 0.821. The highest BCUT2D eigenvalue weighted by Gasteiger charge is 2.34. The van der Waals surface area contributed by atoms with Gasteiger partial charge >= 0.3 is 0 Å². The third-order valence-electron chi connectivity index (χ3n) is 4.60. The Hall–Kier alpha value is -2.60. The van der Waals surface area contributed by atoms with Crippen LogP contribution in [-0.4, -0.2) is 36.9 Å². The Balaban J connectivity index is 1.54. The zero-order valence-electron chi connectivity index (χ0n) is 14.9. The van der Waals surface area contributed by atoms with Crippen molar-refractivity contribution in [3.8, 4) is 5.75 Å². The number of hydrogen-bond donors (Lipinski definition) is 1. The SMILES string of the molecule is COc1ccc(CCN2CC(C(=O)Nc3ccc(F)c(Cl)c3)CC2=O)cc1. The Kier molecular flexibility index (Phi) is 5.96. The number of amides is 2. The average Bonchev–Trinajstić information content (AvgIpc) is 3.04. The number of likely N-dealkylation sites (tertiary alicyclic amines) is 1. The number of nitrogens with zero attached hydrogens (tertiary/aromatic N) is 1. The van der Waals surface area contributed by atoms with Crippen LogP contribution in [0.4, 0.5) is 10.1 Å². The van der Waals surface area contributed by atoms with E-state index in [1.165, 1.54) is 18.2 Å². The molecule has 1 heterocycles. The molecule has 0 saturated carbocycles. The van der Waals surface area contributed by atoms with Gasteiger partial charge in [-0.2, -0.15) is 0 Å². The second-order valence-electron chi connectivity index (χ2n) is 6.46. The molecule has 1 N–H and O–H groups in total. The van der Waals surface area contributed by atoms with Crippen LogP contribution < -0.4 is 10.1 Å². The molecule has 1 aliphatic heterocycles. The van der Waals surface area contributed by atoms with Gasteiger partial charge in [-0.15, -0.1) is 0 Å². The van der Waals surface area contributed by atoms with Crippen molar-refractivity contribution in [2.45, 2.75) is 12.8 Å². The summed E-state index contributed by atoms with van der Waals surface area (Å²) in [4.78, 5) is 26.3. The Morgan fingerprint density at radius 1 is 1.30 bits per heavy atom. The van der Waals surface area contributed by atoms with E-state index in [1.807, 2.05) is 24.3 Å². The fraction of sp³-hybridized carbons (Fsp3) is 0.300. The minimum Gasteiger partial charge on any atom is -0.497 e. The minimum atomic E-state index is -0.546. The lowest BCUT2D eigenvalue weighted by molar-refractivity contribution is -0.128. The van der Waals surface area contributed by atoms with Gasteiger partial charge in [0, 0.05) is 25.2 Å². The minimum absolute atomic E-state index is 0.0409. The number of hydrogen-bond acceptors (Lipinski definition) is 3. The molecule has 1 atom stereocenters. The van der Waals surface area contributed by atoms with E-state index in [2.05, 4.69) is 5.32 Å². The van der Waals surface area contributed by atoms with Gasteiger partial charge in [0.2, 0.25) is 11.8 Å². The third kappa shape index (κ3) is 4.77. The van der Waals surface area contributed by atoms with Gasteiger partial charge in [-0.3, -0.25) is 9.59 Å². The Morgan fingerprint density at radius 3 is 2.70 bits per heavy atom. The number of halogens is 2. The molecule has 2 amide bonds. The van der Waals surface area contributed by atoms with Crippen LogP contribution in [0.3, 0.4) is 0 Å². The lowest BCUT2D eigenvalue weighted by Crippen LogP contribution is -2.30. The Morgan fingerprint density at radius 2 is 2.04 bits per heavy atom. The molecule has 0 radical (unpaired) electrons. The second kappa shape index (κ2) is 8.39. The average molecular weight is 391 g/mol. The van der Waals surface area contributed by atoms with Gasteiger partial charge in [0.15, 0.2) is 0 Å². The van der Waals surface area contributed by atoms with Gasteiger partial charge in [0.05, 0.1) is 18.1 Å². The van der Waals surface area contributed by atoms with Crippen LogP contribution >= 0.6 is 11.6 Å². The summed E-state index contributed by atoms with van der Waals surface area (Å²) < 4.78 is 18.3. The lowest BCUT2D eigenvalue weighted by Gasteiger charge is -2.17. The number of methoxy groups -OCH3 is 1. The summed E-state index contributed by atoms with van der Waals surface area (Å²) in [5, 5.41) is 2.64. The number of anilines is 1. The summed E-state index contributed by atoms with van der Waals surface area (Å²) in [7, 11) is 1.61. The molecule has 3 rings (SSSR count). The number of ether oxygens (including phenoxy) is 1. The largest absolute Gasteiger partial charge is 0.497 e. The molecule has 1 unspecified atom stereocenters. The zero-order chi connectivity index (χ0) is 19.4. The summed E-state index contributed by atoms with van der Waals surface area (Å²) >= 11 is 5.73. The maximum absolute atomic E-state index is 13.2. The van der Waals surface area contributed by atoms with E-state index in [-0.39, 0.29) is 23.3 Å². The monoisotopic (exact) mass is 390 g/mol. The Bertz CT molecular complexity index is 842. The van der Waals surface area contributed by atoms with Crippen LogP contribution in [0.1, 0.15) is 12.0 Å². The van der Waals surface area contributed by atoms with Crippen molar-refractivity contribution in [1.29, 1.82) is 0 Å². The van der Waals surface area contributed by atoms with E-state index >= 15 is 0 Å². The smallest absolute Gasteiger partial charge is 0.229 e. The fourth-order valence-electron chi connectivity index (χ4n) is 3.04.